The first-order chi connectivity index (χ1) is 19.4. The number of fused-ring (bicyclic) bond motifs is 1. The van der Waals surface area contributed by atoms with E-state index in [9.17, 15) is 19.5 Å². The van der Waals surface area contributed by atoms with E-state index in [2.05, 4.69) is 15.3 Å². The Hall–Kier alpha value is -4.73. The third kappa shape index (κ3) is 7.08. The minimum atomic E-state index is -1.05. The summed E-state index contributed by atoms with van der Waals surface area (Å²) in [6.45, 7) is 7.66. The van der Waals surface area contributed by atoms with Gasteiger partial charge in [0.1, 0.15) is 6.04 Å². The first-order valence-electron chi connectivity index (χ1n) is 13.3. The monoisotopic (exact) mass is 557 g/mol. The predicted molar refractivity (Wildman–Crippen MR) is 157 cm³/mol. The lowest BCUT2D eigenvalue weighted by atomic mass is 10.0. The number of amides is 2. The molecule has 2 heterocycles. The van der Waals surface area contributed by atoms with E-state index in [1.807, 2.05) is 63.2 Å². The van der Waals surface area contributed by atoms with Gasteiger partial charge in [-0.3, -0.25) is 14.7 Å². The number of benzene rings is 2. The molecule has 2 aromatic heterocycles. The van der Waals surface area contributed by atoms with Crippen LogP contribution in [0.3, 0.4) is 0 Å². The maximum Gasteiger partial charge on any atom is 0.408 e. The molecule has 0 saturated carbocycles. The fraction of sp³-hybridized carbons (Fsp3) is 0.323. The summed E-state index contributed by atoms with van der Waals surface area (Å²) < 4.78 is 5.57. The highest BCUT2D eigenvalue weighted by atomic mass is 16.4. The number of rotatable bonds is 9. The van der Waals surface area contributed by atoms with Crippen molar-refractivity contribution in [3.63, 3.8) is 0 Å². The van der Waals surface area contributed by atoms with Crippen LogP contribution in [0.4, 0.5) is 10.8 Å². The number of aryl methyl sites for hydroxylation is 1. The van der Waals surface area contributed by atoms with Crippen molar-refractivity contribution in [2.75, 3.05) is 12.4 Å². The van der Waals surface area contributed by atoms with Crippen molar-refractivity contribution in [2.45, 2.75) is 58.8 Å². The van der Waals surface area contributed by atoms with E-state index in [-0.39, 0.29) is 23.9 Å². The van der Waals surface area contributed by atoms with E-state index in [0.29, 0.717) is 29.6 Å². The third-order valence-electron chi connectivity index (χ3n) is 6.94. The van der Waals surface area contributed by atoms with Gasteiger partial charge in [-0.25, -0.2) is 9.59 Å². The summed E-state index contributed by atoms with van der Waals surface area (Å²) in [6.07, 6.45) is 2.68. The summed E-state index contributed by atoms with van der Waals surface area (Å²) >= 11 is 0. The first-order valence-corrected chi connectivity index (χ1v) is 13.3. The van der Waals surface area contributed by atoms with Crippen LogP contribution in [-0.2, 0) is 24.3 Å². The van der Waals surface area contributed by atoms with Crippen molar-refractivity contribution in [3.05, 3.63) is 99.7 Å². The fourth-order valence-corrected chi connectivity index (χ4v) is 4.67. The molecular weight excluding hydrogens is 522 g/mol. The van der Waals surface area contributed by atoms with Crippen molar-refractivity contribution >= 4 is 28.9 Å². The Morgan fingerprint density at radius 3 is 2.37 bits per heavy atom. The number of nitrogens with zero attached hydrogens (tertiary/aromatic N) is 4. The smallest absolute Gasteiger partial charge is 0.408 e. The highest BCUT2D eigenvalue weighted by molar-refractivity contribution is 5.85. The molecule has 0 aliphatic carbocycles. The van der Waals surface area contributed by atoms with Crippen molar-refractivity contribution in [2.24, 2.45) is 0 Å². The lowest BCUT2D eigenvalue weighted by molar-refractivity contribution is -0.131. The van der Waals surface area contributed by atoms with Crippen molar-refractivity contribution in [3.8, 4) is 0 Å². The average molecular weight is 558 g/mol. The molecule has 4 aromatic rings. The van der Waals surface area contributed by atoms with Crippen molar-refractivity contribution in [1.29, 1.82) is 0 Å². The maximum absolute atomic E-state index is 13.6. The molecule has 2 N–H and O–H groups in total. The number of nitrogens with one attached hydrogen (secondary N) is 1. The molecule has 1 unspecified atom stereocenters. The number of pyridine rings is 1. The van der Waals surface area contributed by atoms with Gasteiger partial charge < -0.3 is 19.7 Å². The normalized spacial score (nSPS) is 12.1. The van der Waals surface area contributed by atoms with Gasteiger partial charge in [-0.2, -0.15) is 4.98 Å². The van der Waals surface area contributed by atoms with Gasteiger partial charge in [0.25, 0.3) is 6.01 Å². The lowest BCUT2D eigenvalue weighted by Crippen LogP contribution is -2.44. The minimum Gasteiger partial charge on any atom is -0.465 e. The van der Waals surface area contributed by atoms with E-state index >= 15 is 0 Å². The number of hydrogen-bond acceptors (Lipinski definition) is 7. The van der Waals surface area contributed by atoms with Crippen LogP contribution in [0.15, 0.2) is 76.2 Å². The Kier molecular flexibility index (Phi) is 8.71. The zero-order chi connectivity index (χ0) is 29.7. The number of aromatic nitrogens is 2. The molecule has 0 aliphatic rings. The van der Waals surface area contributed by atoms with Crippen LogP contribution in [0.1, 0.15) is 43.0 Å². The van der Waals surface area contributed by atoms with Crippen LogP contribution in [0.5, 0.6) is 0 Å². The molecular formula is C31H35N5O5. The molecule has 10 heteroatoms. The second kappa shape index (κ2) is 12.2. The van der Waals surface area contributed by atoms with Gasteiger partial charge in [0.2, 0.25) is 5.91 Å². The quantitative estimate of drug-likeness (QED) is 0.299. The second-order valence-electron chi connectivity index (χ2n) is 11.0. The van der Waals surface area contributed by atoms with Gasteiger partial charge in [0, 0.05) is 44.5 Å². The van der Waals surface area contributed by atoms with Crippen LogP contribution >= 0.6 is 0 Å². The molecule has 0 fully saturated rings. The molecule has 2 amide bonds. The number of anilines is 1. The summed E-state index contributed by atoms with van der Waals surface area (Å²) in [7, 11) is 1.71. The summed E-state index contributed by atoms with van der Waals surface area (Å²) in [5.74, 6) is -0.204. The number of carbonyl (C=O) groups is 2. The van der Waals surface area contributed by atoms with Gasteiger partial charge >= 0.3 is 11.7 Å². The number of hydrogen-bond donors (Lipinski definition) is 2. The van der Waals surface area contributed by atoms with Gasteiger partial charge in [0.05, 0.1) is 10.9 Å². The SMILES string of the molecule is Cc1c(CN(C(=O)O)C(C)(C)C)ccc2nc(NC(Cc3ccccc3)C(=O)N(C)Cc3cccnc3)oc(=O)c12. The van der Waals surface area contributed by atoms with Crippen molar-refractivity contribution < 1.29 is 19.1 Å². The molecule has 0 spiro atoms. The Bertz CT molecular complexity index is 1580. The first kappa shape index (κ1) is 29.3. The average Bonchev–Trinajstić information content (AvgIpc) is 2.92. The standard InChI is InChI=1S/C31H35N5O5/c1-20-23(19-36(30(39)40)31(2,3)4)13-14-24-26(20)28(38)41-29(33-24)34-25(16-21-10-7-6-8-11-21)27(37)35(5)18-22-12-9-15-32-17-22/h6-15,17,25H,16,18-19H2,1-5H3,(H,33,34)(H,39,40). The largest absolute Gasteiger partial charge is 0.465 e. The summed E-state index contributed by atoms with van der Waals surface area (Å²) in [5, 5.41) is 13.0. The van der Waals surface area contributed by atoms with E-state index in [1.165, 1.54) is 4.90 Å². The zero-order valence-corrected chi connectivity index (χ0v) is 23.9. The van der Waals surface area contributed by atoms with Gasteiger partial charge in [-0.15, -0.1) is 0 Å². The Morgan fingerprint density at radius 1 is 1.02 bits per heavy atom. The third-order valence-corrected chi connectivity index (χ3v) is 6.94. The summed E-state index contributed by atoms with van der Waals surface area (Å²) in [6, 6.07) is 15.9. The fourth-order valence-electron chi connectivity index (χ4n) is 4.67. The zero-order valence-electron chi connectivity index (χ0n) is 23.9. The number of likely N-dealkylation sites (N-methyl/N-ethyl adjacent to an activating group) is 1. The van der Waals surface area contributed by atoms with Gasteiger partial charge in [-0.05, 0) is 62.1 Å². The van der Waals surface area contributed by atoms with Crippen LogP contribution in [0, 0.1) is 6.92 Å². The van der Waals surface area contributed by atoms with E-state index in [1.54, 1.807) is 43.4 Å². The van der Waals surface area contributed by atoms with E-state index in [0.717, 1.165) is 11.1 Å². The predicted octanol–water partition coefficient (Wildman–Crippen LogP) is 4.85. The van der Waals surface area contributed by atoms with Crippen LogP contribution in [0.25, 0.3) is 10.9 Å². The minimum absolute atomic E-state index is 0.0689. The summed E-state index contributed by atoms with van der Waals surface area (Å²) in [4.78, 5) is 50.2. The molecule has 0 radical (unpaired) electrons. The van der Waals surface area contributed by atoms with Gasteiger partial charge in [-0.1, -0.05) is 42.5 Å². The van der Waals surface area contributed by atoms with Crippen LogP contribution < -0.4 is 10.9 Å². The Morgan fingerprint density at radius 2 is 1.73 bits per heavy atom. The molecule has 2 aromatic carbocycles. The molecule has 1 atom stereocenters. The maximum atomic E-state index is 13.6. The Labute approximate surface area is 238 Å². The van der Waals surface area contributed by atoms with Crippen LogP contribution in [-0.4, -0.2) is 55.5 Å². The second-order valence-corrected chi connectivity index (χ2v) is 11.0. The van der Waals surface area contributed by atoms with Crippen molar-refractivity contribution in [1.82, 2.24) is 19.8 Å². The molecule has 0 saturated heterocycles. The lowest BCUT2D eigenvalue weighted by Gasteiger charge is -2.33. The highest BCUT2D eigenvalue weighted by Gasteiger charge is 2.28. The summed E-state index contributed by atoms with van der Waals surface area (Å²) in [5.41, 5.74) is 2.23. The van der Waals surface area contributed by atoms with E-state index < -0.39 is 23.3 Å². The van der Waals surface area contributed by atoms with Gasteiger partial charge in [0.15, 0.2) is 0 Å². The molecule has 0 bridgehead atoms. The number of carboxylic acid groups (broad SMARTS) is 1. The highest BCUT2D eigenvalue weighted by Crippen LogP contribution is 2.24. The number of carbonyl (C=O) groups excluding carboxylic acids is 1. The molecule has 10 nitrogen and oxygen atoms in total. The molecule has 214 valence electrons. The topological polar surface area (TPSA) is 129 Å². The van der Waals surface area contributed by atoms with E-state index in [4.69, 9.17) is 4.42 Å². The van der Waals surface area contributed by atoms with Crippen LogP contribution in [0.2, 0.25) is 0 Å². The molecule has 4 rings (SSSR count). The molecule has 0 aliphatic heterocycles. The Balaban J connectivity index is 1.64. The molecule has 41 heavy (non-hydrogen) atoms.